The van der Waals surface area contributed by atoms with Crippen LogP contribution in [0.3, 0.4) is 0 Å². The Morgan fingerprint density at radius 3 is 2.36 bits per heavy atom. The normalized spacial score (nSPS) is 9.27. The van der Waals surface area contributed by atoms with Crippen molar-refractivity contribution in [3.8, 4) is 0 Å². The molecule has 0 spiro atoms. The predicted molar refractivity (Wildman–Crippen MR) is 42.9 cm³/mol. The molecule has 0 atom stereocenters. The van der Waals surface area contributed by atoms with Crippen molar-refractivity contribution < 1.29 is 10.0 Å². The van der Waals surface area contributed by atoms with Crippen LogP contribution in [0.2, 0.25) is 0 Å². The molecular weight excluding hydrogens is 162 g/mol. The van der Waals surface area contributed by atoms with Gasteiger partial charge >= 0.3 is 0 Å². The van der Waals surface area contributed by atoms with Gasteiger partial charge in [0, 0.05) is 10.5 Å². The lowest BCUT2D eigenvalue weighted by molar-refractivity contribution is 0.0706. The summed E-state index contributed by atoms with van der Waals surface area (Å²) in [4.78, 5) is 11.5. The molecule has 0 bridgehead atoms. The highest BCUT2D eigenvalue weighted by atomic mass is 32.1. The van der Waals surface area contributed by atoms with Crippen molar-refractivity contribution in [1.29, 1.82) is 0 Å². The van der Waals surface area contributed by atoms with E-state index in [1.54, 1.807) is 24.3 Å². The largest absolute Gasteiger partial charge is 0.288 e. The molecule has 0 saturated carbocycles. The number of benzene rings is 1. The zero-order chi connectivity index (χ0) is 8.27. The maximum absolute atomic E-state index is 10.7. The number of amides is 1. The minimum Gasteiger partial charge on any atom is -0.288 e. The van der Waals surface area contributed by atoms with E-state index in [9.17, 15) is 4.79 Å². The highest BCUT2D eigenvalue weighted by Crippen LogP contribution is 2.06. The van der Waals surface area contributed by atoms with Crippen LogP contribution in [-0.4, -0.2) is 11.1 Å². The van der Waals surface area contributed by atoms with E-state index < -0.39 is 5.91 Å². The molecule has 58 valence electrons. The Kier molecular flexibility index (Phi) is 2.51. The number of hydroxylamine groups is 1. The van der Waals surface area contributed by atoms with E-state index in [0.29, 0.717) is 5.56 Å². The molecule has 0 aliphatic rings. The van der Waals surface area contributed by atoms with Crippen molar-refractivity contribution in [3.05, 3.63) is 29.8 Å². The van der Waals surface area contributed by atoms with Gasteiger partial charge in [0.15, 0.2) is 0 Å². The summed E-state index contributed by atoms with van der Waals surface area (Å²) in [6.07, 6.45) is 0. The van der Waals surface area contributed by atoms with Gasteiger partial charge in [0.25, 0.3) is 5.91 Å². The first kappa shape index (κ1) is 8.10. The number of carbonyl (C=O) groups is 1. The predicted octanol–water partition coefficient (Wildman–Crippen LogP) is 1.09. The molecule has 1 aromatic carbocycles. The maximum Gasteiger partial charge on any atom is 0.274 e. The summed E-state index contributed by atoms with van der Waals surface area (Å²) in [6.45, 7) is 0. The standard InChI is InChI=1S/C7H7NO2S/c9-7(8-10)5-1-3-6(11)4-2-5/h1-4,10-11H,(H,8,9). The monoisotopic (exact) mass is 169 g/mol. The molecule has 1 amide bonds. The topological polar surface area (TPSA) is 49.3 Å². The van der Waals surface area contributed by atoms with E-state index in [1.807, 2.05) is 0 Å². The molecule has 0 aliphatic heterocycles. The van der Waals surface area contributed by atoms with Gasteiger partial charge in [0.1, 0.15) is 0 Å². The molecule has 0 saturated heterocycles. The summed E-state index contributed by atoms with van der Waals surface area (Å²) in [5.74, 6) is -0.515. The van der Waals surface area contributed by atoms with Crippen LogP contribution in [0.15, 0.2) is 29.2 Å². The number of hydrogen-bond acceptors (Lipinski definition) is 3. The molecular formula is C7H7NO2S. The first-order valence-corrected chi connectivity index (χ1v) is 3.42. The lowest BCUT2D eigenvalue weighted by atomic mass is 10.2. The van der Waals surface area contributed by atoms with Crippen molar-refractivity contribution >= 4 is 18.5 Å². The van der Waals surface area contributed by atoms with Crippen LogP contribution in [0.4, 0.5) is 0 Å². The van der Waals surface area contributed by atoms with Gasteiger partial charge in [-0.2, -0.15) is 0 Å². The summed E-state index contributed by atoms with van der Waals surface area (Å²) < 4.78 is 0. The maximum atomic E-state index is 10.7. The van der Waals surface area contributed by atoms with Crippen molar-refractivity contribution in [2.24, 2.45) is 0 Å². The van der Waals surface area contributed by atoms with E-state index >= 15 is 0 Å². The Labute approximate surface area is 69.4 Å². The SMILES string of the molecule is O=C(NO)c1ccc(S)cc1. The molecule has 0 aromatic heterocycles. The third kappa shape index (κ3) is 1.96. The lowest BCUT2D eigenvalue weighted by Gasteiger charge is -1.97. The lowest BCUT2D eigenvalue weighted by Crippen LogP contribution is -2.18. The summed E-state index contributed by atoms with van der Waals surface area (Å²) in [5, 5.41) is 8.24. The van der Waals surface area contributed by atoms with Crippen molar-refractivity contribution in [1.82, 2.24) is 5.48 Å². The number of thiol groups is 1. The fraction of sp³-hybridized carbons (Fsp3) is 0. The smallest absolute Gasteiger partial charge is 0.274 e. The Bertz CT molecular complexity index is 258. The second kappa shape index (κ2) is 3.41. The average molecular weight is 169 g/mol. The third-order valence-corrected chi connectivity index (χ3v) is 1.53. The van der Waals surface area contributed by atoms with Crippen LogP contribution in [0.5, 0.6) is 0 Å². The van der Waals surface area contributed by atoms with Crippen molar-refractivity contribution in [2.45, 2.75) is 4.90 Å². The van der Waals surface area contributed by atoms with Crippen LogP contribution in [-0.2, 0) is 0 Å². The fourth-order valence-electron chi connectivity index (χ4n) is 0.677. The molecule has 0 fully saturated rings. The third-order valence-electron chi connectivity index (χ3n) is 1.23. The highest BCUT2D eigenvalue weighted by molar-refractivity contribution is 7.80. The van der Waals surface area contributed by atoms with E-state index in [4.69, 9.17) is 5.21 Å². The van der Waals surface area contributed by atoms with Gasteiger partial charge in [-0.1, -0.05) is 0 Å². The average Bonchev–Trinajstić information content (AvgIpc) is 2.05. The Morgan fingerprint density at radius 2 is 1.91 bits per heavy atom. The summed E-state index contributed by atoms with van der Waals surface area (Å²) in [6, 6.07) is 6.50. The van der Waals surface area contributed by atoms with Gasteiger partial charge in [-0.25, -0.2) is 5.48 Å². The summed E-state index contributed by atoms with van der Waals surface area (Å²) in [5.41, 5.74) is 1.94. The van der Waals surface area contributed by atoms with Crippen LogP contribution < -0.4 is 5.48 Å². The fourth-order valence-corrected chi connectivity index (χ4v) is 0.826. The number of nitrogens with one attached hydrogen (secondary N) is 1. The van der Waals surface area contributed by atoms with Gasteiger partial charge in [0.05, 0.1) is 0 Å². The Balaban J connectivity index is 2.90. The van der Waals surface area contributed by atoms with Crippen molar-refractivity contribution in [3.63, 3.8) is 0 Å². The molecule has 4 heteroatoms. The number of carbonyl (C=O) groups excluding carboxylic acids is 1. The number of rotatable bonds is 1. The van der Waals surface area contributed by atoms with E-state index in [0.717, 1.165) is 4.90 Å². The summed E-state index contributed by atoms with van der Waals surface area (Å²) >= 11 is 4.04. The van der Waals surface area contributed by atoms with Crippen LogP contribution in [0.25, 0.3) is 0 Å². The molecule has 2 N–H and O–H groups in total. The van der Waals surface area contributed by atoms with Crippen molar-refractivity contribution in [2.75, 3.05) is 0 Å². The van der Waals surface area contributed by atoms with Gasteiger partial charge in [-0.05, 0) is 24.3 Å². The zero-order valence-corrected chi connectivity index (χ0v) is 6.51. The summed E-state index contributed by atoms with van der Waals surface area (Å²) in [7, 11) is 0. The van der Waals surface area contributed by atoms with Crippen LogP contribution >= 0.6 is 12.6 Å². The highest BCUT2D eigenvalue weighted by Gasteiger charge is 2.00. The Morgan fingerprint density at radius 1 is 1.36 bits per heavy atom. The molecule has 3 nitrogen and oxygen atoms in total. The quantitative estimate of drug-likeness (QED) is 0.335. The van der Waals surface area contributed by atoms with E-state index in [2.05, 4.69) is 12.6 Å². The van der Waals surface area contributed by atoms with Gasteiger partial charge in [0.2, 0.25) is 0 Å². The molecule has 0 aliphatic carbocycles. The van der Waals surface area contributed by atoms with Crippen LogP contribution in [0.1, 0.15) is 10.4 Å². The zero-order valence-electron chi connectivity index (χ0n) is 5.61. The molecule has 0 radical (unpaired) electrons. The molecule has 0 unspecified atom stereocenters. The van der Waals surface area contributed by atoms with Gasteiger partial charge in [-0.3, -0.25) is 10.0 Å². The Hall–Kier alpha value is -1.00. The first-order valence-electron chi connectivity index (χ1n) is 2.97. The van der Waals surface area contributed by atoms with E-state index in [-0.39, 0.29) is 0 Å². The first-order chi connectivity index (χ1) is 5.24. The second-order valence-corrected chi connectivity index (χ2v) is 2.50. The van der Waals surface area contributed by atoms with E-state index in [1.165, 1.54) is 5.48 Å². The number of hydrogen-bond donors (Lipinski definition) is 3. The van der Waals surface area contributed by atoms with Gasteiger partial charge in [-0.15, -0.1) is 12.6 Å². The minimum absolute atomic E-state index is 0.408. The second-order valence-electron chi connectivity index (χ2n) is 1.99. The molecule has 1 rings (SSSR count). The minimum atomic E-state index is -0.515. The molecule has 0 heterocycles. The molecule has 1 aromatic rings. The van der Waals surface area contributed by atoms with Gasteiger partial charge < -0.3 is 0 Å². The molecule has 11 heavy (non-hydrogen) atoms. The van der Waals surface area contributed by atoms with Crippen LogP contribution in [0, 0.1) is 0 Å².